The van der Waals surface area contributed by atoms with Crippen molar-refractivity contribution in [3.63, 3.8) is 0 Å². The van der Waals surface area contributed by atoms with Gasteiger partial charge in [-0.1, -0.05) is 20.8 Å². The van der Waals surface area contributed by atoms with Crippen LogP contribution in [-0.4, -0.2) is 24.3 Å². The normalized spacial score (nSPS) is 29.1. The highest BCUT2D eigenvalue weighted by Crippen LogP contribution is 2.39. The number of hydrogen-bond acceptors (Lipinski definition) is 2. The predicted molar refractivity (Wildman–Crippen MR) is 69.5 cm³/mol. The standard InChI is InChI=1S/C14H29NO/c1-11(16)9-15-10-12-5-7-13(8-6-12)14(2,3)4/h11-13,15-16H,5-10H2,1-4H3/t11-,12?,13?/m1/s1. The van der Waals surface area contributed by atoms with E-state index in [2.05, 4.69) is 26.1 Å². The van der Waals surface area contributed by atoms with E-state index in [0.29, 0.717) is 5.41 Å². The van der Waals surface area contributed by atoms with Crippen molar-refractivity contribution in [2.24, 2.45) is 17.3 Å². The monoisotopic (exact) mass is 227 g/mol. The summed E-state index contributed by atoms with van der Waals surface area (Å²) in [6.07, 6.45) is 5.25. The summed E-state index contributed by atoms with van der Waals surface area (Å²) in [5.41, 5.74) is 0.484. The second-order valence-electron chi connectivity index (χ2n) is 6.59. The van der Waals surface area contributed by atoms with Gasteiger partial charge in [0.1, 0.15) is 0 Å². The Morgan fingerprint density at radius 1 is 1.19 bits per heavy atom. The van der Waals surface area contributed by atoms with Crippen LogP contribution >= 0.6 is 0 Å². The number of rotatable bonds is 4. The largest absolute Gasteiger partial charge is 0.392 e. The molecule has 0 radical (unpaired) electrons. The van der Waals surface area contributed by atoms with E-state index in [9.17, 15) is 0 Å². The molecule has 0 amide bonds. The zero-order valence-corrected chi connectivity index (χ0v) is 11.4. The zero-order chi connectivity index (χ0) is 12.2. The van der Waals surface area contributed by atoms with Gasteiger partial charge in [0.2, 0.25) is 0 Å². The average Bonchev–Trinajstić information content (AvgIpc) is 2.16. The topological polar surface area (TPSA) is 32.3 Å². The molecule has 1 saturated carbocycles. The highest BCUT2D eigenvalue weighted by atomic mass is 16.3. The van der Waals surface area contributed by atoms with Gasteiger partial charge < -0.3 is 10.4 Å². The molecule has 2 N–H and O–H groups in total. The lowest BCUT2D eigenvalue weighted by Crippen LogP contribution is -2.33. The molecule has 2 nitrogen and oxygen atoms in total. The Morgan fingerprint density at radius 2 is 1.75 bits per heavy atom. The third kappa shape index (κ3) is 4.84. The molecular formula is C14H29NO. The fourth-order valence-electron chi connectivity index (χ4n) is 2.73. The molecule has 0 aromatic rings. The van der Waals surface area contributed by atoms with Crippen LogP contribution in [-0.2, 0) is 0 Å². The van der Waals surface area contributed by atoms with Gasteiger partial charge in [-0.25, -0.2) is 0 Å². The second-order valence-corrected chi connectivity index (χ2v) is 6.59. The van der Waals surface area contributed by atoms with Crippen molar-refractivity contribution in [1.82, 2.24) is 5.32 Å². The first-order valence-electron chi connectivity index (χ1n) is 6.78. The van der Waals surface area contributed by atoms with Gasteiger partial charge in [0.25, 0.3) is 0 Å². The summed E-state index contributed by atoms with van der Waals surface area (Å²) < 4.78 is 0. The molecule has 0 saturated heterocycles. The summed E-state index contributed by atoms with van der Waals surface area (Å²) in [5, 5.41) is 12.5. The third-order valence-corrected chi connectivity index (χ3v) is 3.94. The lowest BCUT2D eigenvalue weighted by Gasteiger charge is -2.37. The smallest absolute Gasteiger partial charge is 0.0636 e. The Balaban J connectivity index is 2.17. The summed E-state index contributed by atoms with van der Waals surface area (Å²) in [4.78, 5) is 0. The molecule has 96 valence electrons. The van der Waals surface area contributed by atoms with Gasteiger partial charge in [0.05, 0.1) is 6.10 Å². The van der Waals surface area contributed by atoms with Crippen molar-refractivity contribution in [3.8, 4) is 0 Å². The predicted octanol–water partition coefficient (Wildman–Crippen LogP) is 2.81. The molecule has 0 aromatic heterocycles. The Kier molecular flexibility index (Phi) is 5.26. The van der Waals surface area contributed by atoms with Crippen molar-refractivity contribution in [2.75, 3.05) is 13.1 Å². The average molecular weight is 227 g/mol. The molecule has 1 fully saturated rings. The molecule has 0 aliphatic heterocycles. The molecule has 1 aliphatic rings. The van der Waals surface area contributed by atoms with Gasteiger partial charge in [-0.3, -0.25) is 0 Å². The van der Waals surface area contributed by atoms with Crippen molar-refractivity contribution >= 4 is 0 Å². The fraction of sp³-hybridized carbons (Fsp3) is 1.00. The quantitative estimate of drug-likeness (QED) is 0.774. The molecule has 16 heavy (non-hydrogen) atoms. The molecule has 1 atom stereocenters. The SMILES string of the molecule is C[C@@H](O)CNCC1CCC(C(C)(C)C)CC1. The Morgan fingerprint density at radius 3 is 2.19 bits per heavy atom. The molecular weight excluding hydrogens is 198 g/mol. The highest BCUT2D eigenvalue weighted by molar-refractivity contribution is 4.81. The van der Waals surface area contributed by atoms with Crippen molar-refractivity contribution in [3.05, 3.63) is 0 Å². The maximum absolute atomic E-state index is 9.17. The summed E-state index contributed by atoms with van der Waals surface area (Å²) >= 11 is 0. The Hall–Kier alpha value is -0.0800. The number of nitrogens with one attached hydrogen (secondary N) is 1. The van der Waals surface area contributed by atoms with Gasteiger partial charge in [-0.05, 0) is 56.4 Å². The number of aliphatic hydroxyl groups is 1. The molecule has 0 bridgehead atoms. The minimum Gasteiger partial charge on any atom is -0.392 e. The van der Waals surface area contributed by atoms with Crippen LogP contribution in [0.5, 0.6) is 0 Å². The van der Waals surface area contributed by atoms with E-state index in [0.717, 1.165) is 24.9 Å². The second kappa shape index (κ2) is 6.02. The van der Waals surface area contributed by atoms with Crippen LogP contribution in [0.1, 0.15) is 53.4 Å². The van der Waals surface area contributed by atoms with E-state index in [1.165, 1.54) is 25.7 Å². The fourth-order valence-corrected chi connectivity index (χ4v) is 2.73. The molecule has 0 aromatic carbocycles. The summed E-state index contributed by atoms with van der Waals surface area (Å²) in [6, 6.07) is 0. The van der Waals surface area contributed by atoms with E-state index >= 15 is 0 Å². The van der Waals surface area contributed by atoms with Crippen molar-refractivity contribution in [2.45, 2.75) is 59.5 Å². The van der Waals surface area contributed by atoms with Gasteiger partial charge >= 0.3 is 0 Å². The number of hydrogen-bond donors (Lipinski definition) is 2. The van der Waals surface area contributed by atoms with Gasteiger partial charge in [-0.2, -0.15) is 0 Å². The van der Waals surface area contributed by atoms with Crippen LogP contribution in [0.4, 0.5) is 0 Å². The van der Waals surface area contributed by atoms with Crippen molar-refractivity contribution < 1.29 is 5.11 Å². The zero-order valence-electron chi connectivity index (χ0n) is 11.4. The summed E-state index contributed by atoms with van der Waals surface area (Å²) in [5.74, 6) is 1.73. The maximum atomic E-state index is 9.17. The summed E-state index contributed by atoms with van der Waals surface area (Å²) in [7, 11) is 0. The van der Waals surface area contributed by atoms with Gasteiger partial charge in [-0.15, -0.1) is 0 Å². The molecule has 0 spiro atoms. The minimum absolute atomic E-state index is 0.217. The Labute approximate surface area is 101 Å². The maximum Gasteiger partial charge on any atom is 0.0636 e. The van der Waals surface area contributed by atoms with Crippen LogP contribution in [0.2, 0.25) is 0 Å². The van der Waals surface area contributed by atoms with Crippen LogP contribution < -0.4 is 5.32 Å². The van der Waals surface area contributed by atoms with E-state index in [-0.39, 0.29) is 6.10 Å². The van der Waals surface area contributed by atoms with E-state index in [1.54, 1.807) is 0 Å². The van der Waals surface area contributed by atoms with Crippen LogP contribution in [0.15, 0.2) is 0 Å². The first kappa shape index (κ1) is 14.0. The first-order valence-corrected chi connectivity index (χ1v) is 6.78. The Bertz CT molecular complexity index is 187. The lowest BCUT2D eigenvalue weighted by molar-refractivity contribution is 0.144. The van der Waals surface area contributed by atoms with E-state index in [4.69, 9.17) is 5.11 Å². The minimum atomic E-state index is -0.217. The van der Waals surface area contributed by atoms with Gasteiger partial charge in [0.15, 0.2) is 0 Å². The first-order chi connectivity index (χ1) is 7.39. The molecule has 1 rings (SSSR count). The van der Waals surface area contributed by atoms with E-state index in [1.807, 2.05) is 6.92 Å². The third-order valence-electron chi connectivity index (χ3n) is 3.94. The molecule has 1 aliphatic carbocycles. The summed E-state index contributed by atoms with van der Waals surface area (Å²) in [6.45, 7) is 10.8. The van der Waals surface area contributed by atoms with Crippen LogP contribution in [0.3, 0.4) is 0 Å². The molecule has 0 unspecified atom stereocenters. The van der Waals surface area contributed by atoms with Gasteiger partial charge in [0, 0.05) is 6.54 Å². The highest BCUT2D eigenvalue weighted by Gasteiger charge is 2.29. The molecule has 0 heterocycles. The lowest BCUT2D eigenvalue weighted by atomic mass is 9.70. The van der Waals surface area contributed by atoms with Crippen LogP contribution in [0, 0.1) is 17.3 Å². The number of aliphatic hydroxyl groups excluding tert-OH is 1. The van der Waals surface area contributed by atoms with Crippen molar-refractivity contribution in [1.29, 1.82) is 0 Å². The molecule has 2 heteroatoms. The van der Waals surface area contributed by atoms with E-state index < -0.39 is 0 Å². The van der Waals surface area contributed by atoms with Crippen LogP contribution in [0.25, 0.3) is 0 Å².